The van der Waals surface area contributed by atoms with Crippen molar-refractivity contribution in [2.24, 2.45) is 5.84 Å². The Morgan fingerprint density at radius 2 is 1.85 bits per heavy atom. The van der Waals surface area contributed by atoms with E-state index in [0.717, 1.165) is 4.88 Å². The lowest BCUT2D eigenvalue weighted by atomic mass is 10.3. The quantitative estimate of drug-likeness (QED) is 0.656. The SMILES string of the molecule is NNc1ncc(COc2ccc(OC(F)(F)F)cc2)s1. The average molecular weight is 305 g/mol. The first-order valence-corrected chi connectivity index (χ1v) is 6.18. The van der Waals surface area contributed by atoms with Gasteiger partial charge in [-0.2, -0.15) is 0 Å². The minimum Gasteiger partial charge on any atom is -0.488 e. The highest BCUT2D eigenvalue weighted by Gasteiger charge is 2.30. The van der Waals surface area contributed by atoms with Gasteiger partial charge in [0.1, 0.15) is 18.1 Å². The molecule has 2 rings (SSSR count). The maximum Gasteiger partial charge on any atom is 0.573 e. The van der Waals surface area contributed by atoms with Crippen LogP contribution in [0.5, 0.6) is 11.5 Å². The summed E-state index contributed by atoms with van der Waals surface area (Å²) in [6, 6.07) is 5.15. The highest BCUT2D eigenvalue weighted by molar-refractivity contribution is 7.15. The van der Waals surface area contributed by atoms with Gasteiger partial charge in [-0.05, 0) is 24.3 Å². The van der Waals surface area contributed by atoms with Gasteiger partial charge in [-0.15, -0.1) is 13.2 Å². The van der Waals surface area contributed by atoms with E-state index in [1.807, 2.05) is 0 Å². The van der Waals surface area contributed by atoms with Crippen molar-refractivity contribution in [3.63, 3.8) is 0 Å². The third-order valence-corrected chi connectivity index (χ3v) is 3.02. The number of nitrogen functional groups attached to an aromatic ring is 1. The fourth-order valence-electron chi connectivity index (χ4n) is 1.33. The van der Waals surface area contributed by atoms with Gasteiger partial charge in [0.05, 0.1) is 4.88 Å². The van der Waals surface area contributed by atoms with E-state index in [-0.39, 0.29) is 12.4 Å². The Bertz CT molecular complexity index is 557. The van der Waals surface area contributed by atoms with Crippen LogP contribution in [0, 0.1) is 0 Å². The molecule has 1 aromatic heterocycles. The molecule has 9 heteroatoms. The maximum absolute atomic E-state index is 12.0. The van der Waals surface area contributed by atoms with Gasteiger partial charge in [0.15, 0.2) is 5.13 Å². The molecule has 0 aliphatic rings. The number of aromatic nitrogens is 1. The summed E-state index contributed by atoms with van der Waals surface area (Å²) in [5, 5.41) is 0.553. The number of rotatable bonds is 5. The van der Waals surface area contributed by atoms with Crippen molar-refractivity contribution >= 4 is 16.5 Å². The topological polar surface area (TPSA) is 69.4 Å². The van der Waals surface area contributed by atoms with E-state index < -0.39 is 6.36 Å². The molecule has 0 spiro atoms. The van der Waals surface area contributed by atoms with Gasteiger partial charge in [-0.25, -0.2) is 10.8 Å². The lowest BCUT2D eigenvalue weighted by molar-refractivity contribution is -0.274. The monoisotopic (exact) mass is 305 g/mol. The normalized spacial score (nSPS) is 11.2. The van der Waals surface area contributed by atoms with E-state index in [4.69, 9.17) is 10.6 Å². The van der Waals surface area contributed by atoms with E-state index >= 15 is 0 Å². The van der Waals surface area contributed by atoms with Crippen LogP contribution in [0.25, 0.3) is 0 Å². The fourth-order valence-corrected chi connectivity index (χ4v) is 1.97. The molecule has 1 aromatic carbocycles. The molecule has 0 saturated carbocycles. The Morgan fingerprint density at radius 3 is 2.40 bits per heavy atom. The number of benzene rings is 1. The molecule has 0 saturated heterocycles. The molecular formula is C11H10F3N3O2S. The van der Waals surface area contributed by atoms with Gasteiger partial charge in [0.2, 0.25) is 0 Å². The van der Waals surface area contributed by atoms with Crippen LogP contribution in [-0.2, 0) is 6.61 Å². The average Bonchev–Trinajstić information content (AvgIpc) is 2.84. The largest absolute Gasteiger partial charge is 0.573 e. The first-order chi connectivity index (χ1) is 9.46. The zero-order chi connectivity index (χ0) is 14.6. The highest BCUT2D eigenvalue weighted by Crippen LogP contribution is 2.25. The summed E-state index contributed by atoms with van der Waals surface area (Å²) >= 11 is 1.32. The van der Waals surface area contributed by atoms with Crippen molar-refractivity contribution in [2.75, 3.05) is 5.43 Å². The molecule has 5 nitrogen and oxygen atoms in total. The molecule has 0 radical (unpaired) electrons. The van der Waals surface area contributed by atoms with Crippen LogP contribution in [0.1, 0.15) is 4.88 Å². The van der Waals surface area contributed by atoms with Crippen molar-refractivity contribution in [2.45, 2.75) is 13.0 Å². The molecule has 20 heavy (non-hydrogen) atoms. The van der Waals surface area contributed by atoms with Crippen LogP contribution in [0.2, 0.25) is 0 Å². The number of ether oxygens (including phenoxy) is 2. The second kappa shape index (κ2) is 5.97. The Kier molecular flexibility index (Phi) is 4.30. The minimum absolute atomic E-state index is 0.249. The number of halogens is 3. The van der Waals surface area contributed by atoms with E-state index in [1.165, 1.54) is 35.6 Å². The van der Waals surface area contributed by atoms with Gasteiger partial charge >= 0.3 is 6.36 Å². The van der Waals surface area contributed by atoms with Gasteiger partial charge < -0.3 is 9.47 Å². The molecule has 0 aliphatic carbocycles. The molecule has 0 fully saturated rings. The predicted molar refractivity (Wildman–Crippen MR) is 67.4 cm³/mol. The molecule has 2 aromatic rings. The lowest BCUT2D eigenvalue weighted by Crippen LogP contribution is -2.16. The molecular weight excluding hydrogens is 295 g/mol. The number of nitrogens with zero attached hydrogens (tertiary/aromatic N) is 1. The Hall–Kier alpha value is -2.00. The molecule has 0 amide bonds. The van der Waals surface area contributed by atoms with E-state index in [2.05, 4.69) is 15.1 Å². The highest BCUT2D eigenvalue weighted by atomic mass is 32.1. The van der Waals surface area contributed by atoms with Gasteiger partial charge in [-0.3, -0.25) is 5.43 Å². The number of nitrogens with one attached hydrogen (secondary N) is 1. The summed E-state index contributed by atoms with van der Waals surface area (Å²) in [5.41, 5.74) is 2.40. The standard InChI is InChI=1S/C11H10F3N3O2S/c12-11(13,14)19-8-3-1-7(2-4-8)18-6-9-5-16-10(17-15)20-9/h1-5H,6,15H2,(H,16,17). The third kappa shape index (κ3) is 4.28. The van der Waals surface area contributed by atoms with Crippen molar-refractivity contribution in [1.29, 1.82) is 0 Å². The number of hydrogen-bond acceptors (Lipinski definition) is 6. The summed E-state index contributed by atoms with van der Waals surface area (Å²) in [4.78, 5) is 4.79. The Morgan fingerprint density at radius 1 is 1.20 bits per heavy atom. The molecule has 0 aliphatic heterocycles. The number of anilines is 1. The summed E-state index contributed by atoms with van der Waals surface area (Å²) < 4.78 is 45.1. The number of nitrogens with two attached hydrogens (primary N) is 1. The van der Waals surface area contributed by atoms with E-state index in [0.29, 0.717) is 10.9 Å². The summed E-state index contributed by atoms with van der Waals surface area (Å²) in [6.45, 7) is 0.249. The maximum atomic E-state index is 12.0. The molecule has 1 heterocycles. The number of thiazole rings is 1. The number of hydrogen-bond donors (Lipinski definition) is 2. The first-order valence-electron chi connectivity index (χ1n) is 5.36. The molecule has 0 unspecified atom stereocenters. The fraction of sp³-hybridized carbons (Fsp3) is 0.182. The zero-order valence-electron chi connectivity index (χ0n) is 9.98. The van der Waals surface area contributed by atoms with Crippen molar-refractivity contribution in [3.8, 4) is 11.5 Å². The zero-order valence-corrected chi connectivity index (χ0v) is 10.8. The van der Waals surface area contributed by atoms with Gasteiger partial charge in [0, 0.05) is 6.20 Å². The number of hydrazine groups is 1. The second-order valence-corrected chi connectivity index (χ2v) is 4.70. The van der Waals surface area contributed by atoms with Crippen LogP contribution in [0.15, 0.2) is 30.5 Å². The van der Waals surface area contributed by atoms with E-state index in [1.54, 1.807) is 6.20 Å². The minimum atomic E-state index is -4.70. The summed E-state index contributed by atoms with van der Waals surface area (Å²) in [5.74, 6) is 5.32. The van der Waals surface area contributed by atoms with Crippen LogP contribution in [0.4, 0.5) is 18.3 Å². The van der Waals surface area contributed by atoms with Crippen LogP contribution in [0.3, 0.4) is 0 Å². The molecule has 0 atom stereocenters. The van der Waals surface area contributed by atoms with Crippen LogP contribution < -0.4 is 20.7 Å². The van der Waals surface area contributed by atoms with Crippen molar-refractivity contribution in [1.82, 2.24) is 4.98 Å². The van der Waals surface area contributed by atoms with Crippen molar-refractivity contribution < 1.29 is 22.6 Å². The van der Waals surface area contributed by atoms with Crippen molar-refractivity contribution in [3.05, 3.63) is 35.3 Å². The van der Waals surface area contributed by atoms with Gasteiger partial charge in [0.25, 0.3) is 0 Å². The molecule has 3 N–H and O–H groups in total. The van der Waals surface area contributed by atoms with Crippen LogP contribution in [-0.4, -0.2) is 11.3 Å². The molecule has 108 valence electrons. The third-order valence-electron chi connectivity index (χ3n) is 2.12. The lowest BCUT2D eigenvalue weighted by Gasteiger charge is -2.09. The van der Waals surface area contributed by atoms with Gasteiger partial charge in [-0.1, -0.05) is 11.3 Å². The Balaban J connectivity index is 1.90. The smallest absolute Gasteiger partial charge is 0.488 e. The first kappa shape index (κ1) is 14.4. The summed E-state index contributed by atoms with van der Waals surface area (Å²) in [7, 11) is 0. The van der Waals surface area contributed by atoms with E-state index in [9.17, 15) is 13.2 Å². The second-order valence-electron chi connectivity index (χ2n) is 3.58. The molecule has 0 bridgehead atoms. The Labute approximate surface area is 116 Å². The van der Waals surface area contributed by atoms with Crippen LogP contribution >= 0.6 is 11.3 Å². The summed E-state index contributed by atoms with van der Waals surface area (Å²) in [6.07, 6.45) is -3.10. The number of alkyl halides is 3. The predicted octanol–water partition coefficient (Wildman–Crippen LogP) is 2.91.